The summed E-state index contributed by atoms with van der Waals surface area (Å²) in [7, 11) is 0. The number of hydrogen-bond donors (Lipinski definition) is 2. The number of nitrogens with zero attached hydrogens (tertiary/aromatic N) is 4. The van der Waals surface area contributed by atoms with E-state index in [-0.39, 0.29) is 0 Å². The molecule has 0 spiro atoms. The summed E-state index contributed by atoms with van der Waals surface area (Å²) in [6, 6.07) is 6.21. The Hall–Kier alpha value is -2.12. The fourth-order valence-electron chi connectivity index (χ4n) is 2.44. The highest BCUT2D eigenvalue weighted by molar-refractivity contribution is 7.15. The van der Waals surface area contributed by atoms with Crippen molar-refractivity contribution in [1.29, 1.82) is 0 Å². The maximum absolute atomic E-state index is 6.31. The Morgan fingerprint density at radius 3 is 2.38 bits per heavy atom. The summed E-state index contributed by atoms with van der Waals surface area (Å²) < 4.78 is 0. The number of guanidine groups is 1. The Balaban J connectivity index is 1.96. The first-order valence-electron chi connectivity index (χ1n) is 6.64. The monoisotopic (exact) mass is 302 g/mol. The summed E-state index contributed by atoms with van der Waals surface area (Å²) in [5, 5.41) is 6.75. The SMILES string of the molecule is Cc1cc(C)cc(N2C(N)=NN(c3ncc(C)s3)C2N)c1. The molecule has 1 aliphatic heterocycles. The molecule has 1 aromatic heterocycles. The van der Waals surface area contributed by atoms with E-state index in [1.807, 2.05) is 37.8 Å². The molecule has 0 saturated carbocycles. The van der Waals surface area contributed by atoms with Gasteiger partial charge in [0, 0.05) is 16.8 Å². The highest BCUT2D eigenvalue weighted by Gasteiger charge is 2.33. The van der Waals surface area contributed by atoms with Crippen molar-refractivity contribution in [2.75, 3.05) is 9.91 Å². The van der Waals surface area contributed by atoms with E-state index in [9.17, 15) is 0 Å². The normalized spacial score (nSPS) is 18.3. The number of hydrogen-bond acceptors (Lipinski definition) is 7. The third-order valence-electron chi connectivity index (χ3n) is 3.26. The summed E-state index contributed by atoms with van der Waals surface area (Å²) in [5.74, 6) is 0.375. The van der Waals surface area contributed by atoms with E-state index in [4.69, 9.17) is 11.5 Å². The topological polar surface area (TPSA) is 83.8 Å². The molecule has 0 bridgehead atoms. The Kier molecular flexibility index (Phi) is 3.30. The fourth-order valence-corrected chi connectivity index (χ4v) is 3.18. The quantitative estimate of drug-likeness (QED) is 0.884. The van der Waals surface area contributed by atoms with Gasteiger partial charge in [0.25, 0.3) is 0 Å². The Labute approximate surface area is 127 Å². The van der Waals surface area contributed by atoms with Crippen molar-refractivity contribution in [3.8, 4) is 0 Å². The first-order chi connectivity index (χ1) is 9.95. The third-order valence-corrected chi connectivity index (χ3v) is 4.16. The van der Waals surface area contributed by atoms with Crippen LogP contribution in [0, 0.1) is 20.8 Å². The van der Waals surface area contributed by atoms with E-state index in [0.717, 1.165) is 26.8 Å². The molecule has 4 N–H and O–H groups in total. The predicted octanol–water partition coefficient (Wildman–Crippen LogP) is 1.87. The Bertz CT molecular complexity index is 687. The van der Waals surface area contributed by atoms with E-state index in [1.165, 1.54) is 11.3 Å². The van der Waals surface area contributed by atoms with Crippen molar-refractivity contribution in [2.24, 2.45) is 16.6 Å². The van der Waals surface area contributed by atoms with Crippen LogP contribution in [0.4, 0.5) is 10.8 Å². The van der Waals surface area contributed by atoms with E-state index < -0.39 is 6.29 Å². The summed E-state index contributed by atoms with van der Waals surface area (Å²) >= 11 is 1.54. The van der Waals surface area contributed by atoms with Crippen molar-refractivity contribution in [3.05, 3.63) is 40.4 Å². The minimum Gasteiger partial charge on any atom is -0.368 e. The van der Waals surface area contributed by atoms with Gasteiger partial charge in [-0.25, -0.2) is 4.98 Å². The molecule has 0 saturated heterocycles. The zero-order valence-electron chi connectivity index (χ0n) is 12.2. The number of rotatable bonds is 2. The molecule has 1 unspecified atom stereocenters. The van der Waals surface area contributed by atoms with Gasteiger partial charge in [0.2, 0.25) is 11.1 Å². The smallest absolute Gasteiger partial charge is 0.221 e. The highest BCUT2D eigenvalue weighted by Crippen LogP contribution is 2.30. The van der Waals surface area contributed by atoms with Gasteiger partial charge in [-0.15, -0.1) is 16.4 Å². The van der Waals surface area contributed by atoms with E-state index in [2.05, 4.69) is 16.2 Å². The minimum atomic E-state index is -0.489. The average Bonchev–Trinajstić information content (AvgIpc) is 2.92. The minimum absolute atomic E-state index is 0.375. The van der Waals surface area contributed by atoms with Gasteiger partial charge in [0.15, 0.2) is 6.29 Å². The first-order valence-corrected chi connectivity index (χ1v) is 7.46. The number of anilines is 2. The molecular formula is C14H18N6S. The molecule has 0 radical (unpaired) electrons. The second kappa shape index (κ2) is 5.01. The molecule has 1 aromatic carbocycles. The number of aryl methyl sites for hydroxylation is 3. The van der Waals surface area contributed by atoms with Crippen LogP contribution in [0.5, 0.6) is 0 Å². The zero-order chi connectivity index (χ0) is 15.1. The molecule has 0 aliphatic carbocycles. The van der Waals surface area contributed by atoms with Crippen molar-refractivity contribution in [2.45, 2.75) is 27.1 Å². The van der Waals surface area contributed by atoms with Gasteiger partial charge in [-0.2, -0.15) is 5.01 Å². The van der Waals surface area contributed by atoms with Crippen LogP contribution in [0.15, 0.2) is 29.5 Å². The van der Waals surface area contributed by atoms with E-state index in [1.54, 1.807) is 11.2 Å². The molecule has 7 heteroatoms. The Morgan fingerprint density at radius 2 is 1.81 bits per heavy atom. The summed E-state index contributed by atoms with van der Waals surface area (Å²) in [6.07, 6.45) is 1.31. The lowest BCUT2D eigenvalue weighted by Crippen LogP contribution is -2.50. The van der Waals surface area contributed by atoms with Gasteiger partial charge in [0.05, 0.1) is 0 Å². The fraction of sp³-hybridized carbons (Fsp3) is 0.286. The van der Waals surface area contributed by atoms with Gasteiger partial charge < -0.3 is 5.73 Å². The van der Waals surface area contributed by atoms with Crippen LogP contribution in [0.2, 0.25) is 0 Å². The second-order valence-corrected chi connectivity index (χ2v) is 6.40. The molecule has 0 fully saturated rings. The highest BCUT2D eigenvalue weighted by atomic mass is 32.1. The third kappa shape index (κ3) is 2.45. The number of nitrogens with two attached hydrogens (primary N) is 2. The van der Waals surface area contributed by atoms with Crippen LogP contribution in [0.3, 0.4) is 0 Å². The van der Waals surface area contributed by atoms with Crippen LogP contribution < -0.4 is 21.4 Å². The van der Waals surface area contributed by atoms with Gasteiger partial charge >= 0.3 is 0 Å². The van der Waals surface area contributed by atoms with Crippen LogP contribution >= 0.6 is 11.3 Å². The lowest BCUT2D eigenvalue weighted by molar-refractivity contribution is 0.684. The predicted molar refractivity (Wildman–Crippen MR) is 87.3 cm³/mol. The number of hydrazone groups is 1. The molecule has 3 rings (SSSR count). The van der Waals surface area contributed by atoms with E-state index in [0.29, 0.717) is 5.96 Å². The molecule has 6 nitrogen and oxygen atoms in total. The zero-order valence-corrected chi connectivity index (χ0v) is 13.1. The standard InChI is InChI=1S/C14H18N6S/c1-8-4-9(2)6-11(5-8)19-12(15)18-20(13(19)16)14-17-7-10(3)21-14/h4-7,13H,16H2,1-3H3,(H2,15,18). The number of aromatic nitrogens is 1. The summed E-state index contributed by atoms with van der Waals surface area (Å²) in [4.78, 5) is 7.24. The summed E-state index contributed by atoms with van der Waals surface area (Å²) in [5.41, 5.74) is 15.6. The van der Waals surface area contributed by atoms with Crippen LogP contribution in [-0.4, -0.2) is 17.2 Å². The van der Waals surface area contributed by atoms with Gasteiger partial charge in [-0.1, -0.05) is 6.07 Å². The number of benzene rings is 1. The van der Waals surface area contributed by atoms with Crippen LogP contribution in [0.1, 0.15) is 16.0 Å². The van der Waals surface area contributed by atoms with Gasteiger partial charge in [0.1, 0.15) is 0 Å². The first kappa shape index (κ1) is 13.8. The second-order valence-electron chi connectivity index (χ2n) is 5.19. The number of thiazole rings is 1. The average molecular weight is 302 g/mol. The largest absolute Gasteiger partial charge is 0.368 e. The lowest BCUT2D eigenvalue weighted by atomic mass is 10.1. The molecule has 2 aromatic rings. The Morgan fingerprint density at radius 1 is 1.14 bits per heavy atom. The van der Waals surface area contributed by atoms with Crippen molar-refractivity contribution >= 4 is 28.1 Å². The van der Waals surface area contributed by atoms with Gasteiger partial charge in [-0.05, 0) is 44.0 Å². The maximum Gasteiger partial charge on any atom is 0.221 e. The molecule has 1 atom stereocenters. The molecule has 110 valence electrons. The molecule has 2 heterocycles. The summed E-state index contributed by atoms with van der Waals surface area (Å²) in [6.45, 7) is 6.10. The molecule has 1 aliphatic rings. The van der Waals surface area contributed by atoms with Crippen molar-refractivity contribution in [1.82, 2.24) is 4.98 Å². The van der Waals surface area contributed by atoms with Crippen molar-refractivity contribution in [3.63, 3.8) is 0 Å². The maximum atomic E-state index is 6.31. The molecule has 0 amide bonds. The molecule has 21 heavy (non-hydrogen) atoms. The van der Waals surface area contributed by atoms with Crippen molar-refractivity contribution < 1.29 is 0 Å². The van der Waals surface area contributed by atoms with Gasteiger partial charge in [-0.3, -0.25) is 10.6 Å². The van der Waals surface area contributed by atoms with Crippen LogP contribution in [-0.2, 0) is 0 Å². The lowest BCUT2D eigenvalue weighted by Gasteiger charge is -2.26. The van der Waals surface area contributed by atoms with Crippen LogP contribution in [0.25, 0.3) is 0 Å². The molecular weight excluding hydrogens is 284 g/mol. The van der Waals surface area contributed by atoms with E-state index >= 15 is 0 Å².